The zero-order chi connectivity index (χ0) is 17.8. The lowest BCUT2D eigenvalue weighted by Crippen LogP contribution is -2.37. The number of unbranched alkanes of at least 4 members (excludes halogenated alkanes) is 1. The number of methoxy groups -OCH3 is 1. The number of carbonyl (C=O) groups is 2. The molecule has 0 aromatic heterocycles. The molecular formula is C18H27NO5. The summed E-state index contributed by atoms with van der Waals surface area (Å²) in [5, 5.41) is 0. The second-order valence-corrected chi connectivity index (χ2v) is 5.23. The van der Waals surface area contributed by atoms with Gasteiger partial charge >= 0.3 is 5.97 Å². The smallest absolute Gasteiger partial charge is 0.307 e. The highest BCUT2D eigenvalue weighted by atomic mass is 16.5. The van der Waals surface area contributed by atoms with Gasteiger partial charge in [-0.2, -0.15) is 0 Å². The molecule has 0 bridgehead atoms. The predicted molar refractivity (Wildman–Crippen MR) is 91.2 cm³/mol. The molecule has 0 N–H and O–H groups in total. The minimum Gasteiger partial charge on any atom is -0.493 e. The van der Waals surface area contributed by atoms with E-state index in [1.165, 1.54) is 0 Å². The summed E-state index contributed by atoms with van der Waals surface area (Å²) >= 11 is 0. The number of amides is 1. The van der Waals surface area contributed by atoms with Gasteiger partial charge in [0.15, 0.2) is 18.1 Å². The zero-order valence-electron chi connectivity index (χ0n) is 14.7. The monoisotopic (exact) mass is 337 g/mol. The molecule has 0 saturated carbocycles. The van der Waals surface area contributed by atoms with Crippen molar-refractivity contribution >= 4 is 11.9 Å². The Labute approximate surface area is 143 Å². The van der Waals surface area contributed by atoms with Crippen molar-refractivity contribution in [2.45, 2.75) is 33.1 Å². The van der Waals surface area contributed by atoms with Crippen LogP contribution in [0.3, 0.4) is 0 Å². The van der Waals surface area contributed by atoms with Gasteiger partial charge in [-0.15, -0.1) is 0 Å². The maximum atomic E-state index is 12.4. The molecule has 0 radical (unpaired) electrons. The number of hydrogen-bond donors (Lipinski definition) is 0. The van der Waals surface area contributed by atoms with Crippen molar-refractivity contribution in [3.63, 3.8) is 0 Å². The molecule has 0 spiro atoms. The number of rotatable bonds is 11. The summed E-state index contributed by atoms with van der Waals surface area (Å²) < 4.78 is 15.7. The maximum Gasteiger partial charge on any atom is 0.307 e. The average molecular weight is 337 g/mol. The van der Waals surface area contributed by atoms with E-state index in [0.717, 1.165) is 12.8 Å². The fraction of sp³-hybridized carbons (Fsp3) is 0.556. The van der Waals surface area contributed by atoms with E-state index in [2.05, 4.69) is 6.92 Å². The Hall–Kier alpha value is -2.24. The van der Waals surface area contributed by atoms with Gasteiger partial charge in [-0.05, 0) is 25.5 Å². The number of benzene rings is 1. The molecule has 1 amide bonds. The Bertz CT molecular complexity index is 518. The number of esters is 1. The molecule has 0 atom stereocenters. The van der Waals surface area contributed by atoms with E-state index in [1.54, 1.807) is 31.1 Å². The lowest BCUT2D eigenvalue weighted by molar-refractivity contribution is -0.144. The number of para-hydroxylation sites is 2. The molecule has 134 valence electrons. The van der Waals surface area contributed by atoms with Crippen molar-refractivity contribution in [2.75, 3.05) is 33.4 Å². The fourth-order valence-corrected chi connectivity index (χ4v) is 2.14. The molecule has 1 aromatic carbocycles. The molecule has 0 aliphatic carbocycles. The SMILES string of the molecule is CCCCN(CCC(=O)OCC)C(=O)COc1ccccc1OC. The second kappa shape index (κ2) is 11.3. The van der Waals surface area contributed by atoms with Gasteiger partial charge in [-0.1, -0.05) is 25.5 Å². The first kappa shape index (κ1) is 19.8. The highest BCUT2D eigenvalue weighted by Gasteiger charge is 2.16. The van der Waals surface area contributed by atoms with E-state index in [4.69, 9.17) is 14.2 Å². The third-order valence-corrected chi connectivity index (χ3v) is 3.45. The molecule has 6 nitrogen and oxygen atoms in total. The van der Waals surface area contributed by atoms with Crippen LogP contribution in [0.5, 0.6) is 11.5 Å². The Morgan fingerprint density at radius 1 is 1.08 bits per heavy atom. The van der Waals surface area contributed by atoms with Gasteiger partial charge in [-0.3, -0.25) is 9.59 Å². The van der Waals surface area contributed by atoms with E-state index in [9.17, 15) is 9.59 Å². The molecule has 0 saturated heterocycles. The van der Waals surface area contributed by atoms with Crippen LogP contribution in [0.25, 0.3) is 0 Å². The second-order valence-electron chi connectivity index (χ2n) is 5.23. The van der Waals surface area contributed by atoms with Crippen LogP contribution in [0.4, 0.5) is 0 Å². The van der Waals surface area contributed by atoms with E-state index in [1.807, 2.05) is 12.1 Å². The van der Waals surface area contributed by atoms with Crippen LogP contribution < -0.4 is 9.47 Å². The molecule has 0 aliphatic rings. The molecule has 1 rings (SSSR count). The largest absolute Gasteiger partial charge is 0.493 e. The quantitative estimate of drug-likeness (QED) is 0.581. The number of hydrogen-bond acceptors (Lipinski definition) is 5. The standard InChI is InChI=1S/C18H27NO5/c1-4-6-12-19(13-11-18(21)23-5-2)17(20)14-24-16-10-8-7-9-15(16)22-3/h7-10H,4-6,11-14H2,1-3H3. The summed E-state index contributed by atoms with van der Waals surface area (Å²) in [4.78, 5) is 25.5. The van der Waals surface area contributed by atoms with Crippen molar-refractivity contribution in [2.24, 2.45) is 0 Å². The summed E-state index contributed by atoms with van der Waals surface area (Å²) in [5.41, 5.74) is 0. The number of ether oxygens (including phenoxy) is 3. The van der Waals surface area contributed by atoms with Crippen molar-refractivity contribution in [1.82, 2.24) is 4.90 Å². The Kier molecular flexibility index (Phi) is 9.34. The number of nitrogens with zero attached hydrogens (tertiary/aromatic N) is 1. The Morgan fingerprint density at radius 3 is 2.42 bits per heavy atom. The fourth-order valence-electron chi connectivity index (χ4n) is 2.14. The first-order valence-electron chi connectivity index (χ1n) is 8.31. The molecule has 0 heterocycles. The summed E-state index contributed by atoms with van der Waals surface area (Å²) in [6.07, 6.45) is 2.04. The molecule has 6 heteroatoms. The van der Waals surface area contributed by atoms with Gasteiger partial charge in [0.1, 0.15) is 0 Å². The minimum absolute atomic E-state index is 0.0904. The van der Waals surface area contributed by atoms with Crippen molar-refractivity contribution in [3.8, 4) is 11.5 Å². The maximum absolute atomic E-state index is 12.4. The van der Waals surface area contributed by atoms with Crippen LogP contribution in [0.1, 0.15) is 33.1 Å². The lowest BCUT2D eigenvalue weighted by Gasteiger charge is -2.22. The highest BCUT2D eigenvalue weighted by molar-refractivity contribution is 5.78. The van der Waals surface area contributed by atoms with Crippen LogP contribution in [0.15, 0.2) is 24.3 Å². The van der Waals surface area contributed by atoms with Crippen molar-refractivity contribution in [3.05, 3.63) is 24.3 Å². The van der Waals surface area contributed by atoms with E-state index in [-0.39, 0.29) is 24.9 Å². The van der Waals surface area contributed by atoms with Gasteiger partial charge in [0, 0.05) is 13.1 Å². The molecule has 0 unspecified atom stereocenters. The summed E-state index contributed by atoms with van der Waals surface area (Å²) in [5.74, 6) is 0.655. The van der Waals surface area contributed by atoms with Crippen molar-refractivity contribution in [1.29, 1.82) is 0 Å². The Balaban J connectivity index is 2.58. The molecule has 24 heavy (non-hydrogen) atoms. The molecular weight excluding hydrogens is 310 g/mol. The van der Waals surface area contributed by atoms with Gasteiger partial charge in [-0.25, -0.2) is 0 Å². The Morgan fingerprint density at radius 2 is 1.79 bits per heavy atom. The normalized spacial score (nSPS) is 10.1. The highest BCUT2D eigenvalue weighted by Crippen LogP contribution is 2.25. The third-order valence-electron chi connectivity index (χ3n) is 3.45. The average Bonchev–Trinajstić information content (AvgIpc) is 2.60. The van der Waals surface area contributed by atoms with Crippen LogP contribution in [0.2, 0.25) is 0 Å². The van der Waals surface area contributed by atoms with Crippen molar-refractivity contribution < 1.29 is 23.8 Å². The zero-order valence-corrected chi connectivity index (χ0v) is 14.7. The van der Waals surface area contributed by atoms with Gasteiger partial charge in [0.2, 0.25) is 0 Å². The van der Waals surface area contributed by atoms with Crippen LogP contribution >= 0.6 is 0 Å². The lowest BCUT2D eigenvalue weighted by atomic mass is 10.3. The first-order valence-corrected chi connectivity index (χ1v) is 8.31. The van der Waals surface area contributed by atoms with Gasteiger partial charge in [0.25, 0.3) is 5.91 Å². The van der Waals surface area contributed by atoms with Crippen LogP contribution in [-0.4, -0.2) is 50.2 Å². The van der Waals surface area contributed by atoms with E-state index in [0.29, 0.717) is 31.2 Å². The van der Waals surface area contributed by atoms with E-state index >= 15 is 0 Å². The van der Waals surface area contributed by atoms with Crippen LogP contribution in [-0.2, 0) is 14.3 Å². The van der Waals surface area contributed by atoms with Gasteiger partial charge in [0.05, 0.1) is 20.1 Å². The molecule has 0 fully saturated rings. The minimum atomic E-state index is -0.294. The summed E-state index contributed by atoms with van der Waals surface area (Å²) in [6, 6.07) is 7.18. The van der Waals surface area contributed by atoms with Crippen LogP contribution in [0, 0.1) is 0 Å². The summed E-state index contributed by atoms with van der Waals surface area (Å²) in [6.45, 7) is 5.01. The topological polar surface area (TPSA) is 65.1 Å². The summed E-state index contributed by atoms with van der Waals surface area (Å²) in [7, 11) is 1.55. The van der Waals surface area contributed by atoms with Gasteiger partial charge < -0.3 is 19.1 Å². The van der Waals surface area contributed by atoms with E-state index < -0.39 is 0 Å². The molecule has 0 aliphatic heterocycles. The number of carbonyl (C=O) groups excluding carboxylic acids is 2. The predicted octanol–water partition coefficient (Wildman–Crippen LogP) is 2.66. The molecule has 1 aromatic rings. The third kappa shape index (κ3) is 6.89. The first-order chi connectivity index (χ1) is 11.6.